The number of rotatable bonds is 3. The van der Waals surface area contributed by atoms with Crippen molar-refractivity contribution in [2.75, 3.05) is 5.32 Å². The van der Waals surface area contributed by atoms with Crippen molar-refractivity contribution >= 4 is 39.3 Å². The molecule has 0 saturated carbocycles. The van der Waals surface area contributed by atoms with Gasteiger partial charge in [0.2, 0.25) is 5.95 Å². The number of anilines is 1. The third-order valence-corrected chi connectivity index (χ3v) is 4.19. The van der Waals surface area contributed by atoms with Gasteiger partial charge in [-0.25, -0.2) is 4.98 Å². The van der Waals surface area contributed by atoms with E-state index in [1.807, 2.05) is 38.1 Å². The average Bonchev–Trinajstić information content (AvgIpc) is 2.86. The molecule has 5 nitrogen and oxygen atoms in total. The second kappa shape index (κ2) is 5.61. The minimum absolute atomic E-state index is 0.534. The Morgan fingerprint density at radius 1 is 1.29 bits per heavy atom. The maximum absolute atomic E-state index is 6.18. The van der Waals surface area contributed by atoms with Gasteiger partial charge in [-0.2, -0.15) is 9.50 Å². The molecule has 3 aromatic rings. The molecule has 0 amide bonds. The molecular weight excluding hydrogens is 354 g/mol. The summed E-state index contributed by atoms with van der Waals surface area (Å²) in [6.45, 7) is 4.40. The summed E-state index contributed by atoms with van der Waals surface area (Å²) >= 11 is 9.63. The molecule has 108 valence electrons. The molecule has 7 heteroatoms. The number of nitrogens with one attached hydrogen (secondary N) is 1. The number of halogens is 2. The maximum atomic E-state index is 6.18. The first-order chi connectivity index (χ1) is 10.0. The van der Waals surface area contributed by atoms with E-state index in [1.54, 1.807) is 4.52 Å². The van der Waals surface area contributed by atoms with Gasteiger partial charge in [-0.05, 0) is 31.5 Å². The SMILES string of the molecule is Cc1nc2nc(NCc3cccc(Br)c3)nn2c(C)c1Cl. The first-order valence-electron chi connectivity index (χ1n) is 6.42. The minimum atomic E-state index is 0.534. The molecule has 0 spiro atoms. The lowest BCUT2D eigenvalue weighted by molar-refractivity contribution is 0.883. The van der Waals surface area contributed by atoms with E-state index in [0.29, 0.717) is 23.3 Å². The van der Waals surface area contributed by atoms with E-state index in [0.717, 1.165) is 21.4 Å². The summed E-state index contributed by atoms with van der Waals surface area (Å²) in [6, 6.07) is 8.07. The quantitative estimate of drug-likeness (QED) is 0.766. The van der Waals surface area contributed by atoms with Crippen molar-refractivity contribution in [1.82, 2.24) is 19.6 Å². The fourth-order valence-corrected chi connectivity index (χ4v) is 2.63. The molecule has 3 rings (SSSR count). The van der Waals surface area contributed by atoms with Gasteiger partial charge in [0.1, 0.15) is 0 Å². The highest BCUT2D eigenvalue weighted by Crippen LogP contribution is 2.19. The molecule has 0 aliphatic heterocycles. The van der Waals surface area contributed by atoms with Crippen molar-refractivity contribution in [3.63, 3.8) is 0 Å². The van der Waals surface area contributed by atoms with Gasteiger partial charge in [0.25, 0.3) is 5.78 Å². The molecule has 0 saturated heterocycles. The number of aryl methyl sites for hydroxylation is 2. The van der Waals surface area contributed by atoms with Gasteiger partial charge in [0.15, 0.2) is 0 Å². The summed E-state index contributed by atoms with van der Waals surface area (Å²) in [5.41, 5.74) is 2.73. The number of aromatic nitrogens is 4. The highest BCUT2D eigenvalue weighted by atomic mass is 79.9. The maximum Gasteiger partial charge on any atom is 0.254 e. The lowest BCUT2D eigenvalue weighted by Crippen LogP contribution is -2.02. The highest BCUT2D eigenvalue weighted by molar-refractivity contribution is 9.10. The highest BCUT2D eigenvalue weighted by Gasteiger charge is 2.11. The van der Waals surface area contributed by atoms with Gasteiger partial charge in [-0.3, -0.25) is 0 Å². The van der Waals surface area contributed by atoms with Crippen LogP contribution >= 0.6 is 27.5 Å². The molecule has 2 aromatic heterocycles. The predicted octanol–water partition coefficient (Wildman–Crippen LogP) is 3.77. The van der Waals surface area contributed by atoms with E-state index in [1.165, 1.54) is 0 Å². The first-order valence-corrected chi connectivity index (χ1v) is 7.59. The van der Waals surface area contributed by atoms with Gasteiger partial charge in [0.05, 0.1) is 16.4 Å². The van der Waals surface area contributed by atoms with Crippen molar-refractivity contribution in [3.05, 3.63) is 50.7 Å². The summed E-state index contributed by atoms with van der Waals surface area (Å²) in [7, 11) is 0. The van der Waals surface area contributed by atoms with E-state index in [4.69, 9.17) is 11.6 Å². The smallest absolute Gasteiger partial charge is 0.254 e. The Bertz CT molecular complexity index is 814. The molecule has 2 heterocycles. The number of nitrogens with zero attached hydrogens (tertiary/aromatic N) is 4. The zero-order chi connectivity index (χ0) is 15.0. The molecular formula is C14H13BrClN5. The van der Waals surface area contributed by atoms with Crippen molar-refractivity contribution in [3.8, 4) is 0 Å². The Hall–Kier alpha value is -1.66. The second-order valence-electron chi connectivity index (χ2n) is 4.73. The van der Waals surface area contributed by atoms with Gasteiger partial charge >= 0.3 is 0 Å². The van der Waals surface area contributed by atoms with Gasteiger partial charge in [0, 0.05) is 11.0 Å². The molecule has 0 atom stereocenters. The van der Waals surface area contributed by atoms with Crippen LogP contribution in [0.4, 0.5) is 5.95 Å². The zero-order valence-corrected chi connectivity index (χ0v) is 13.9. The lowest BCUT2D eigenvalue weighted by Gasteiger charge is -2.02. The van der Waals surface area contributed by atoms with E-state index >= 15 is 0 Å². The zero-order valence-electron chi connectivity index (χ0n) is 11.6. The molecule has 0 aliphatic carbocycles. The largest absolute Gasteiger partial charge is 0.349 e. The third kappa shape index (κ3) is 2.87. The fourth-order valence-electron chi connectivity index (χ4n) is 2.06. The van der Waals surface area contributed by atoms with Gasteiger partial charge < -0.3 is 5.32 Å². The van der Waals surface area contributed by atoms with Crippen LogP contribution in [0.2, 0.25) is 5.02 Å². The van der Waals surface area contributed by atoms with Crippen LogP contribution in [0.15, 0.2) is 28.7 Å². The van der Waals surface area contributed by atoms with Crippen molar-refractivity contribution in [2.24, 2.45) is 0 Å². The van der Waals surface area contributed by atoms with Crippen molar-refractivity contribution < 1.29 is 0 Å². The Balaban J connectivity index is 1.87. The van der Waals surface area contributed by atoms with E-state index in [9.17, 15) is 0 Å². The summed E-state index contributed by atoms with van der Waals surface area (Å²) in [5, 5.41) is 8.20. The van der Waals surface area contributed by atoms with Crippen LogP contribution in [0.25, 0.3) is 5.78 Å². The van der Waals surface area contributed by atoms with Gasteiger partial charge in [-0.15, -0.1) is 5.10 Å². The van der Waals surface area contributed by atoms with Crippen LogP contribution in [0, 0.1) is 13.8 Å². The summed E-state index contributed by atoms with van der Waals surface area (Å²) < 4.78 is 2.70. The summed E-state index contributed by atoms with van der Waals surface area (Å²) in [6.07, 6.45) is 0. The Labute approximate surface area is 135 Å². The third-order valence-electron chi connectivity index (χ3n) is 3.15. The Morgan fingerprint density at radius 3 is 2.86 bits per heavy atom. The van der Waals surface area contributed by atoms with E-state index in [-0.39, 0.29) is 0 Å². The lowest BCUT2D eigenvalue weighted by atomic mass is 10.2. The van der Waals surface area contributed by atoms with E-state index < -0.39 is 0 Å². The Morgan fingerprint density at radius 2 is 2.10 bits per heavy atom. The summed E-state index contributed by atoms with van der Waals surface area (Å²) in [4.78, 5) is 8.71. The molecule has 0 radical (unpaired) electrons. The van der Waals surface area contributed by atoms with Crippen LogP contribution in [-0.2, 0) is 6.54 Å². The second-order valence-corrected chi connectivity index (χ2v) is 6.02. The van der Waals surface area contributed by atoms with Crippen molar-refractivity contribution in [1.29, 1.82) is 0 Å². The first kappa shape index (κ1) is 14.3. The van der Waals surface area contributed by atoms with Crippen LogP contribution in [0.5, 0.6) is 0 Å². The topological polar surface area (TPSA) is 55.1 Å². The average molecular weight is 367 g/mol. The monoisotopic (exact) mass is 365 g/mol. The number of hydrogen-bond donors (Lipinski definition) is 1. The molecule has 0 bridgehead atoms. The summed E-state index contributed by atoms with van der Waals surface area (Å²) in [5.74, 6) is 1.08. The molecule has 0 fully saturated rings. The Kier molecular flexibility index (Phi) is 3.82. The number of fused-ring (bicyclic) bond motifs is 1. The molecule has 0 unspecified atom stereocenters. The standard InChI is InChI=1S/C14H13BrClN5/c1-8-12(16)9(2)21-14(18-8)19-13(20-21)17-7-10-4-3-5-11(15)6-10/h3-6H,7H2,1-2H3,(H,17,20). The predicted molar refractivity (Wildman–Crippen MR) is 86.7 cm³/mol. The number of hydrogen-bond acceptors (Lipinski definition) is 4. The van der Waals surface area contributed by atoms with Crippen LogP contribution in [0.1, 0.15) is 17.0 Å². The molecule has 1 aromatic carbocycles. The fraction of sp³-hybridized carbons (Fsp3) is 0.214. The normalized spacial score (nSPS) is 11.0. The molecule has 21 heavy (non-hydrogen) atoms. The van der Waals surface area contributed by atoms with Gasteiger partial charge in [-0.1, -0.05) is 39.7 Å². The van der Waals surface area contributed by atoms with Crippen LogP contribution in [-0.4, -0.2) is 19.6 Å². The number of benzene rings is 1. The molecule has 1 N–H and O–H groups in total. The van der Waals surface area contributed by atoms with Crippen LogP contribution in [0.3, 0.4) is 0 Å². The molecule has 0 aliphatic rings. The van der Waals surface area contributed by atoms with Crippen molar-refractivity contribution in [2.45, 2.75) is 20.4 Å². The minimum Gasteiger partial charge on any atom is -0.349 e. The van der Waals surface area contributed by atoms with Crippen LogP contribution < -0.4 is 5.32 Å². The van der Waals surface area contributed by atoms with E-state index in [2.05, 4.69) is 36.3 Å².